The van der Waals surface area contributed by atoms with Crippen molar-refractivity contribution < 1.29 is 46.4 Å². The zero-order valence-electron chi connectivity index (χ0n) is 16.6. The standard InChI is InChI=1S/C21H20F6O4S/c1-2-14(4-3-9-19(30,20(22,23)24)21(25,26)27)17-10-13(12-32-17)11-31-16-7-5-15(6-8-16)18(28)29/h3-10,12,18,28-30H,2,11H2,1H3. The molecule has 0 amide bonds. The summed E-state index contributed by atoms with van der Waals surface area (Å²) in [6.45, 7) is 1.83. The van der Waals surface area contributed by atoms with Crippen LogP contribution in [0.3, 0.4) is 0 Å². The Labute approximate surface area is 183 Å². The molecule has 0 saturated heterocycles. The maximum atomic E-state index is 12.7. The van der Waals surface area contributed by atoms with Crippen LogP contribution < -0.4 is 4.74 Å². The third-order valence-electron chi connectivity index (χ3n) is 4.43. The Morgan fingerprint density at radius 1 is 1.06 bits per heavy atom. The Morgan fingerprint density at radius 2 is 1.66 bits per heavy atom. The van der Waals surface area contributed by atoms with Gasteiger partial charge in [-0.1, -0.05) is 31.2 Å². The lowest BCUT2D eigenvalue weighted by atomic mass is 10.0. The summed E-state index contributed by atoms with van der Waals surface area (Å²) in [5.41, 5.74) is -3.44. The summed E-state index contributed by atoms with van der Waals surface area (Å²) in [6.07, 6.45) is -11.8. The lowest BCUT2D eigenvalue weighted by Crippen LogP contribution is -2.55. The molecule has 0 aliphatic heterocycles. The fourth-order valence-corrected chi connectivity index (χ4v) is 3.55. The van der Waals surface area contributed by atoms with E-state index in [4.69, 9.17) is 20.1 Å². The predicted octanol–water partition coefficient (Wildman–Crippen LogP) is 5.52. The number of benzene rings is 1. The maximum Gasteiger partial charge on any atom is 0.430 e. The molecule has 0 fully saturated rings. The third kappa shape index (κ3) is 6.12. The molecule has 2 aromatic rings. The van der Waals surface area contributed by atoms with E-state index in [1.165, 1.54) is 23.5 Å². The second-order valence-corrected chi connectivity index (χ2v) is 7.63. The van der Waals surface area contributed by atoms with Gasteiger partial charge in [0.15, 0.2) is 6.29 Å². The number of hydrogen-bond donors (Lipinski definition) is 3. The van der Waals surface area contributed by atoms with Gasteiger partial charge in [-0.05, 0) is 41.6 Å². The first-order valence-electron chi connectivity index (χ1n) is 9.19. The Balaban J connectivity index is 2.12. The lowest BCUT2D eigenvalue weighted by Gasteiger charge is -2.29. The van der Waals surface area contributed by atoms with E-state index in [0.29, 0.717) is 34.3 Å². The van der Waals surface area contributed by atoms with Crippen molar-refractivity contribution in [2.45, 2.75) is 44.2 Å². The number of rotatable bonds is 8. The molecule has 0 unspecified atom stereocenters. The van der Waals surface area contributed by atoms with Gasteiger partial charge in [0.05, 0.1) is 0 Å². The fourth-order valence-electron chi connectivity index (χ4n) is 2.55. The molecular formula is C21H20F6O4S. The summed E-state index contributed by atoms with van der Waals surface area (Å²) in [5.74, 6) is 0.468. The van der Waals surface area contributed by atoms with E-state index >= 15 is 0 Å². The number of alkyl halides is 6. The number of ether oxygens (including phenoxy) is 1. The first-order chi connectivity index (χ1) is 14.8. The van der Waals surface area contributed by atoms with E-state index < -0.39 is 24.2 Å². The van der Waals surface area contributed by atoms with E-state index in [-0.39, 0.29) is 12.7 Å². The molecule has 3 N–H and O–H groups in total. The van der Waals surface area contributed by atoms with Gasteiger partial charge >= 0.3 is 12.4 Å². The highest BCUT2D eigenvalue weighted by atomic mass is 32.1. The SMILES string of the molecule is CCC(=CC=CC(O)(C(F)(F)F)C(F)(F)F)c1cc(COc2ccc(C(O)O)cc2)cs1. The second kappa shape index (κ2) is 10.1. The summed E-state index contributed by atoms with van der Waals surface area (Å²) in [5, 5.41) is 29.0. The highest BCUT2D eigenvalue weighted by Gasteiger charge is 2.68. The van der Waals surface area contributed by atoms with Crippen LogP contribution in [-0.4, -0.2) is 33.3 Å². The van der Waals surface area contributed by atoms with Crippen molar-refractivity contribution in [1.29, 1.82) is 0 Å². The molecule has 1 aromatic carbocycles. The monoisotopic (exact) mass is 482 g/mol. The molecule has 0 atom stereocenters. The maximum absolute atomic E-state index is 12.7. The number of hydrogen-bond acceptors (Lipinski definition) is 5. The van der Waals surface area contributed by atoms with Crippen molar-refractivity contribution in [1.82, 2.24) is 0 Å². The minimum Gasteiger partial charge on any atom is -0.489 e. The van der Waals surface area contributed by atoms with Crippen LogP contribution in [-0.2, 0) is 6.61 Å². The van der Waals surface area contributed by atoms with Crippen LogP contribution in [0, 0.1) is 0 Å². The summed E-state index contributed by atoms with van der Waals surface area (Å²) >= 11 is 1.24. The van der Waals surface area contributed by atoms with Crippen molar-refractivity contribution >= 4 is 16.9 Å². The van der Waals surface area contributed by atoms with Crippen LogP contribution in [0.15, 0.2) is 53.9 Å². The molecule has 2 rings (SSSR count). The number of aliphatic hydroxyl groups is 3. The van der Waals surface area contributed by atoms with Crippen LogP contribution in [0.4, 0.5) is 26.3 Å². The van der Waals surface area contributed by atoms with Gasteiger partial charge in [-0.25, -0.2) is 0 Å². The molecule has 0 bridgehead atoms. The smallest absolute Gasteiger partial charge is 0.430 e. The van der Waals surface area contributed by atoms with Crippen molar-refractivity contribution in [2.75, 3.05) is 0 Å². The van der Waals surface area contributed by atoms with E-state index in [1.54, 1.807) is 30.5 Å². The van der Waals surface area contributed by atoms with Crippen molar-refractivity contribution in [3.8, 4) is 5.75 Å². The molecule has 0 saturated carbocycles. The Kier molecular flexibility index (Phi) is 8.16. The third-order valence-corrected chi connectivity index (χ3v) is 5.49. The summed E-state index contributed by atoms with van der Waals surface area (Å²) in [6, 6.07) is 7.75. The van der Waals surface area contributed by atoms with Crippen LogP contribution >= 0.6 is 11.3 Å². The number of thiophene rings is 1. The van der Waals surface area contributed by atoms with Crippen molar-refractivity contribution in [3.63, 3.8) is 0 Å². The van der Waals surface area contributed by atoms with Crippen LogP contribution in [0.2, 0.25) is 0 Å². The van der Waals surface area contributed by atoms with Crippen LogP contribution in [0.5, 0.6) is 5.75 Å². The number of halogens is 6. The van der Waals surface area contributed by atoms with E-state index in [2.05, 4.69) is 0 Å². The molecule has 0 aliphatic carbocycles. The quantitative estimate of drug-likeness (QED) is 0.264. The predicted molar refractivity (Wildman–Crippen MR) is 107 cm³/mol. The number of aliphatic hydroxyl groups excluding tert-OH is 1. The first-order valence-corrected chi connectivity index (χ1v) is 10.1. The topological polar surface area (TPSA) is 69.9 Å². The molecule has 11 heteroatoms. The normalized spacial score (nSPS) is 13.9. The highest BCUT2D eigenvalue weighted by molar-refractivity contribution is 7.11. The molecular weight excluding hydrogens is 462 g/mol. The Morgan fingerprint density at radius 3 is 2.16 bits per heavy atom. The average Bonchev–Trinajstić information content (AvgIpc) is 3.17. The summed E-state index contributed by atoms with van der Waals surface area (Å²) in [4.78, 5) is 0.622. The van der Waals surface area contributed by atoms with Gasteiger partial charge in [0.25, 0.3) is 5.60 Å². The average molecular weight is 482 g/mol. The Hall–Kier alpha value is -2.34. The highest BCUT2D eigenvalue weighted by Crippen LogP contribution is 2.44. The van der Waals surface area contributed by atoms with Gasteiger partial charge in [-0.3, -0.25) is 0 Å². The molecule has 1 heterocycles. The molecule has 1 aromatic heterocycles. The number of allylic oxidation sites excluding steroid dienone is 3. The van der Waals surface area contributed by atoms with Gasteiger partial charge in [0.1, 0.15) is 12.4 Å². The van der Waals surface area contributed by atoms with Crippen molar-refractivity contribution in [3.05, 3.63) is 69.9 Å². The zero-order valence-corrected chi connectivity index (χ0v) is 17.4. The lowest BCUT2D eigenvalue weighted by molar-refractivity contribution is -0.347. The van der Waals surface area contributed by atoms with E-state index in [1.807, 2.05) is 0 Å². The minimum atomic E-state index is -5.91. The molecule has 4 nitrogen and oxygen atoms in total. The molecule has 0 radical (unpaired) electrons. The summed E-state index contributed by atoms with van der Waals surface area (Å²) in [7, 11) is 0. The van der Waals surface area contributed by atoms with Gasteiger partial charge in [-0.15, -0.1) is 11.3 Å². The van der Waals surface area contributed by atoms with Gasteiger partial charge in [-0.2, -0.15) is 26.3 Å². The minimum absolute atomic E-state index is 0.145. The molecule has 176 valence electrons. The molecule has 32 heavy (non-hydrogen) atoms. The van der Waals surface area contributed by atoms with Gasteiger partial charge in [0.2, 0.25) is 0 Å². The van der Waals surface area contributed by atoms with Gasteiger partial charge in [0, 0.05) is 16.0 Å². The molecule has 0 aliphatic rings. The van der Waals surface area contributed by atoms with Crippen LogP contribution in [0.25, 0.3) is 5.57 Å². The van der Waals surface area contributed by atoms with Gasteiger partial charge < -0.3 is 20.1 Å². The fraction of sp³-hybridized carbons (Fsp3) is 0.333. The molecule has 0 spiro atoms. The second-order valence-electron chi connectivity index (χ2n) is 6.72. The Bertz CT molecular complexity index is 928. The van der Waals surface area contributed by atoms with Crippen LogP contribution in [0.1, 0.15) is 35.6 Å². The largest absolute Gasteiger partial charge is 0.489 e. The summed E-state index contributed by atoms with van der Waals surface area (Å²) < 4.78 is 82.0. The van der Waals surface area contributed by atoms with E-state index in [9.17, 15) is 26.3 Å². The van der Waals surface area contributed by atoms with Crippen molar-refractivity contribution in [2.24, 2.45) is 0 Å². The zero-order chi connectivity index (χ0) is 24.2. The van der Waals surface area contributed by atoms with E-state index in [0.717, 1.165) is 11.6 Å². The first kappa shape index (κ1) is 25.9.